The number of piperidine rings is 1. The van der Waals surface area contributed by atoms with Gasteiger partial charge in [0.15, 0.2) is 0 Å². The number of carbonyl (C=O) groups excluding carboxylic acids is 2. The molecule has 2 amide bonds. The maximum Gasteiger partial charge on any atom is 0.414 e. The zero-order valence-corrected chi connectivity index (χ0v) is 17.3. The molecular weight excluding hydrogens is 409 g/mol. The van der Waals surface area contributed by atoms with E-state index >= 15 is 0 Å². The fraction of sp³-hybridized carbons (Fsp3) is 0.400. The lowest BCUT2D eigenvalue weighted by molar-refractivity contribution is -0.114. The molecule has 3 N–H and O–H groups in total. The van der Waals surface area contributed by atoms with Crippen molar-refractivity contribution in [1.82, 2.24) is 5.32 Å². The predicted molar refractivity (Wildman–Crippen MR) is 115 cm³/mol. The number of nitrogens with two attached hydrogens (primary N) is 1. The van der Waals surface area contributed by atoms with Gasteiger partial charge in [-0.25, -0.2) is 14.0 Å². The molecule has 8 nitrogen and oxygen atoms in total. The fourth-order valence-corrected chi connectivity index (χ4v) is 3.66. The van der Waals surface area contributed by atoms with Crippen LogP contribution in [-0.4, -0.2) is 49.3 Å². The van der Waals surface area contributed by atoms with Gasteiger partial charge in [0, 0.05) is 13.1 Å². The van der Waals surface area contributed by atoms with Crippen molar-refractivity contribution in [3.05, 3.63) is 46.7 Å². The van der Waals surface area contributed by atoms with Crippen molar-refractivity contribution < 1.29 is 18.7 Å². The van der Waals surface area contributed by atoms with Crippen LogP contribution >= 0.6 is 12.2 Å². The summed E-state index contributed by atoms with van der Waals surface area (Å²) in [7, 11) is 0. The molecule has 158 valence electrons. The largest absolute Gasteiger partial charge is 0.442 e. The molecule has 2 aliphatic rings. The Morgan fingerprint density at radius 2 is 2.13 bits per heavy atom. The minimum atomic E-state index is -0.726. The number of hydrogen-bond donors (Lipinski definition) is 2. The number of anilines is 2. The number of benzene rings is 1. The number of nitrogens with zero attached hydrogens (tertiary/aromatic N) is 3. The molecule has 1 aromatic carbocycles. The second kappa shape index (κ2) is 9.09. The molecule has 0 saturated carbocycles. The van der Waals surface area contributed by atoms with Crippen LogP contribution in [0.3, 0.4) is 0 Å². The summed E-state index contributed by atoms with van der Waals surface area (Å²) in [4.78, 5) is 30.6. The molecule has 0 radical (unpaired) electrons. The lowest BCUT2D eigenvalue weighted by Crippen LogP contribution is -2.33. The van der Waals surface area contributed by atoms with Crippen molar-refractivity contribution in [3.8, 4) is 0 Å². The minimum absolute atomic E-state index is 0.0223. The van der Waals surface area contributed by atoms with Crippen molar-refractivity contribution >= 4 is 40.6 Å². The first kappa shape index (κ1) is 21.5. The number of thiocarbonyl (C=S) groups is 1. The van der Waals surface area contributed by atoms with E-state index in [0.717, 1.165) is 0 Å². The van der Waals surface area contributed by atoms with E-state index in [1.54, 1.807) is 19.1 Å². The van der Waals surface area contributed by atoms with E-state index in [1.165, 1.54) is 11.0 Å². The Hall–Kier alpha value is -3.19. The molecule has 0 spiro atoms. The van der Waals surface area contributed by atoms with E-state index in [9.17, 15) is 14.0 Å². The molecule has 3 rings (SSSR count). The first-order valence-electron chi connectivity index (χ1n) is 9.46. The Morgan fingerprint density at radius 1 is 1.43 bits per heavy atom. The number of amides is 2. The van der Waals surface area contributed by atoms with Crippen LogP contribution in [0.15, 0.2) is 29.5 Å². The predicted octanol–water partition coefficient (Wildman–Crippen LogP) is 2.35. The molecule has 10 heteroatoms. The van der Waals surface area contributed by atoms with Crippen LogP contribution in [0.2, 0.25) is 0 Å². The van der Waals surface area contributed by atoms with Gasteiger partial charge in [-0.15, -0.1) is 0 Å². The van der Waals surface area contributed by atoms with E-state index in [0.29, 0.717) is 61.0 Å². The SMILES string of the molecule is [C-]#[N+]C(C(N)=O)=C1CCN(c2ccc(N3C[C@H](CNC(C)=S)OC3=O)cc2F)CC1. The van der Waals surface area contributed by atoms with Crippen LogP contribution in [0.25, 0.3) is 4.85 Å². The highest BCUT2D eigenvalue weighted by Crippen LogP contribution is 2.31. The Kier molecular flexibility index (Phi) is 6.52. The molecule has 2 fully saturated rings. The maximum absolute atomic E-state index is 14.8. The van der Waals surface area contributed by atoms with E-state index in [2.05, 4.69) is 10.2 Å². The molecule has 0 aromatic heterocycles. The summed E-state index contributed by atoms with van der Waals surface area (Å²) in [5.41, 5.74) is 6.75. The molecule has 30 heavy (non-hydrogen) atoms. The van der Waals surface area contributed by atoms with Crippen molar-refractivity contribution in [2.45, 2.75) is 25.9 Å². The zero-order valence-electron chi connectivity index (χ0n) is 16.5. The molecule has 2 heterocycles. The van der Waals surface area contributed by atoms with Crippen molar-refractivity contribution in [3.63, 3.8) is 0 Å². The quantitative estimate of drug-likeness (QED) is 0.422. The third-order valence-electron chi connectivity index (χ3n) is 5.08. The number of cyclic esters (lactones) is 1. The fourth-order valence-electron chi connectivity index (χ4n) is 3.58. The van der Waals surface area contributed by atoms with Gasteiger partial charge in [0.05, 0.1) is 36.0 Å². The van der Waals surface area contributed by atoms with Gasteiger partial charge >= 0.3 is 6.09 Å². The number of rotatable bonds is 5. The number of ether oxygens (including phenoxy) is 1. The van der Waals surface area contributed by atoms with Gasteiger partial charge in [-0.2, -0.15) is 0 Å². The molecule has 2 aliphatic heterocycles. The number of primary amides is 1. The average molecular weight is 431 g/mol. The Morgan fingerprint density at radius 3 is 2.70 bits per heavy atom. The number of nitrogens with one attached hydrogen (secondary N) is 1. The Bertz CT molecular complexity index is 948. The van der Waals surface area contributed by atoms with Gasteiger partial charge in [0.2, 0.25) is 11.6 Å². The molecule has 1 aromatic rings. The summed E-state index contributed by atoms with van der Waals surface area (Å²) in [6.45, 7) is 10.5. The molecule has 2 saturated heterocycles. The maximum atomic E-state index is 14.8. The van der Waals surface area contributed by atoms with E-state index in [-0.39, 0.29) is 11.8 Å². The van der Waals surface area contributed by atoms with Crippen LogP contribution in [-0.2, 0) is 9.53 Å². The first-order valence-corrected chi connectivity index (χ1v) is 9.87. The Labute approximate surface area is 179 Å². The van der Waals surface area contributed by atoms with Crippen LogP contribution in [0.4, 0.5) is 20.6 Å². The van der Waals surface area contributed by atoms with Gasteiger partial charge in [-0.3, -0.25) is 9.69 Å². The smallest absolute Gasteiger partial charge is 0.414 e. The van der Waals surface area contributed by atoms with Gasteiger partial charge in [0.25, 0.3) is 0 Å². The van der Waals surface area contributed by atoms with Crippen molar-refractivity contribution in [1.29, 1.82) is 0 Å². The first-order chi connectivity index (χ1) is 14.3. The molecule has 1 atom stereocenters. The van der Waals surface area contributed by atoms with Crippen LogP contribution < -0.4 is 20.9 Å². The van der Waals surface area contributed by atoms with Crippen LogP contribution in [0.1, 0.15) is 19.8 Å². The van der Waals surface area contributed by atoms with E-state index in [4.69, 9.17) is 29.3 Å². The lowest BCUT2D eigenvalue weighted by atomic mass is 10.0. The summed E-state index contributed by atoms with van der Waals surface area (Å²) in [5.74, 6) is -1.18. The minimum Gasteiger partial charge on any atom is -0.442 e. The highest BCUT2D eigenvalue weighted by molar-refractivity contribution is 7.80. The summed E-state index contributed by atoms with van der Waals surface area (Å²) in [6.07, 6.45) is 0.0388. The number of hydrogen-bond acceptors (Lipinski definition) is 5. The number of halogens is 1. The van der Waals surface area contributed by atoms with Crippen LogP contribution in [0.5, 0.6) is 0 Å². The van der Waals surface area contributed by atoms with Crippen molar-refractivity contribution in [2.24, 2.45) is 5.73 Å². The topological polar surface area (TPSA) is 92.3 Å². The van der Waals surface area contributed by atoms with Crippen molar-refractivity contribution in [2.75, 3.05) is 36.0 Å². The van der Waals surface area contributed by atoms with E-state index in [1.807, 2.05) is 4.90 Å². The monoisotopic (exact) mass is 431 g/mol. The van der Waals surface area contributed by atoms with Gasteiger partial charge in [-0.1, -0.05) is 17.8 Å². The van der Waals surface area contributed by atoms with Crippen LogP contribution in [0, 0.1) is 12.4 Å². The Balaban J connectivity index is 1.68. The third-order valence-corrected chi connectivity index (χ3v) is 5.23. The molecule has 0 bridgehead atoms. The van der Waals surface area contributed by atoms with Gasteiger partial charge < -0.3 is 20.7 Å². The highest BCUT2D eigenvalue weighted by atomic mass is 32.1. The standard InChI is InChI=1S/C20H22FN5O3S/c1-12(30)24-10-15-11-26(20(28)29-15)14-3-4-17(16(21)9-14)25-7-5-13(6-8-25)18(23-2)19(22)27/h3-4,9,15H,5-8,10-11H2,1H3,(H2,22,27)(H,24,30)/t15-/m0/s1. The molecular formula is C20H22FN5O3S. The molecule has 0 aliphatic carbocycles. The highest BCUT2D eigenvalue weighted by Gasteiger charge is 2.33. The number of carbonyl (C=O) groups is 2. The van der Waals surface area contributed by atoms with Gasteiger partial charge in [0.1, 0.15) is 11.9 Å². The summed E-state index contributed by atoms with van der Waals surface area (Å²) in [6, 6.07) is 4.62. The van der Waals surface area contributed by atoms with E-state index < -0.39 is 17.8 Å². The zero-order chi connectivity index (χ0) is 21.8. The summed E-state index contributed by atoms with van der Waals surface area (Å²) >= 11 is 4.96. The second-order valence-corrected chi connectivity index (χ2v) is 7.72. The molecule has 0 unspecified atom stereocenters. The second-order valence-electron chi connectivity index (χ2n) is 7.10. The summed E-state index contributed by atoms with van der Waals surface area (Å²) in [5, 5.41) is 2.96. The van der Waals surface area contributed by atoms with Gasteiger partial charge in [-0.05, 0) is 38.0 Å². The lowest BCUT2D eigenvalue weighted by Gasteiger charge is -2.31. The normalized spacial score (nSPS) is 18.6. The summed E-state index contributed by atoms with van der Waals surface area (Å²) < 4.78 is 20.1. The average Bonchev–Trinajstić information content (AvgIpc) is 3.08. The third kappa shape index (κ3) is 4.68.